The maximum Gasteiger partial charge on any atom is 0.191 e. The lowest BCUT2D eigenvalue weighted by Crippen LogP contribution is -2.53. The van der Waals surface area contributed by atoms with Crippen LogP contribution in [0, 0.1) is 0 Å². The predicted octanol–water partition coefficient (Wildman–Crippen LogP) is 1.77. The highest BCUT2D eigenvalue weighted by molar-refractivity contribution is 5.79. The average Bonchev–Trinajstić information content (AvgIpc) is 2.56. The molecular formula is C19H41N5O. The van der Waals surface area contributed by atoms with Crippen molar-refractivity contribution in [2.24, 2.45) is 4.99 Å². The molecule has 2 atom stereocenters. The van der Waals surface area contributed by atoms with Crippen molar-refractivity contribution in [1.29, 1.82) is 0 Å². The summed E-state index contributed by atoms with van der Waals surface area (Å²) in [7, 11) is 1.84. The Morgan fingerprint density at radius 3 is 2.44 bits per heavy atom. The summed E-state index contributed by atoms with van der Waals surface area (Å²) < 4.78 is 5.52. The van der Waals surface area contributed by atoms with E-state index >= 15 is 0 Å². The number of aliphatic imine (C=N–C) groups is 1. The Hall–Kier alpha value is -0.850. The Morgan fingerprint density at radius 1 is 1.20 bits per heavy atom. The van der Waals surface area contributed by atoms with Gasteiger partial charge in [-0.15, -0.1) is 0 Å². The lowest BCUT2D eigenvalue weighted by Gasteiger charge is -2.38. The Balaban J connectivity index is 2.28. The van der Waals surface area contributed by atoms with Gasteiger partial charge in [-0.25, -0.2) is 0 Å². The van der Waals surface area contributed by atoms with E-state index in [1.165, 1.54) is 0 Å². The minimum absolute atomic E-state index is 0.467. The maximum absolute atomic E-state index is 5.52. The summed E-state index contributed by atoms with van der Waals surface area (Å²) in [5.74, 6) is 0.897. The molecule has 0 aromatic rings. The van der Waals surface area contributed by atoms with Crippen LogP contribution < -0.4 is 10.6 Å². The van der Waals surface area contributed by atoms with E-state index in [-0.39, 0.29) is 0 Å². The van der Waals surface area contributed by atoms with Crippen molar-refractivity contribution in [2.45, 2.75) is 72.1 Å². The SMILES string of the molecule is CN=C(NCCCN(C(C)C)C(C)C)NCC(C)N1CCOCC1C. The van der Waals surface area contributed by atoms with Crippen LogP contribution >= 0.6 is 0 Å². The first kappa shape index (κ1) is 22.2. The van der Waals surface area contributed by atoms with Crippen molar-refractivity contribution < 1.29 is 4.74 Å². The summed E-state index contributed by atoms with van der Waals surface area (Å²) in [4.78, 5) is 9.38. The molecule has 6 nitrogen and oxygen atoms in total. The van der Waals surface area contributed by atoms with Crippen LogP contribution in [0.4, 0.5) is 0 Å². The molecule has 0 bridgehead atoms. The second-order valence-electron chi connectivity index (χ2n) is 7.67. The fourth-order valence-electron chi connectivity index (χ4n) is 3.56. The van der Waals surface area contributed by atoms with Gasteiger partial charge in [-0.3, -0.25) is 14.8 Å². The molecule has 0 aromatic heterocycles. The Labute approximate surface area is 155 Å². The van der Waals surface area contributed by atoms with Crippen molar-refractivity contribution in [3.05, 3.63) is 0 Å². The van der Waals surface area contributed by atoms with E-state index in [1.807, 2.05) is 7.05 Å². The van der Waals surface area contributed by atoms with Gasteiger partial charge in [0.25, 0.3) is 0 Å². The molecule has 1 rings (SSSR count). The first-order chi connectivity index (χ1) is 11.9. The first-order valence-electron chi connectivity index (χ1n) is 9.90. The molecule has 25 heavy (non-hydrogen) atoms. The third-order valence-electron chi connectivity index (χ3n) is 4.99. The van der Waals surface area contributed by atoms with Crippen molar-refractivity contribution in [2.75, 3.05) is 46.4 Å². The van der Waals surface area contributed by atoms with E-state index in [4.69, 9.17) is 4.74 Å². The van der Waals surface area contributed by atoms with Gasteiger partial charge >= 0.3 is 0 Å². The van der Waals surface area contributed by atoms with Crippen molar-refractivity contribution >= 4 is 5.96 Å². The Morgan fingerprint density at radius 2 is 1.88 bits per heavy atom. The van der Waals surface area contributed by atoms with E-state index in [9.17, 15) is 0 Å². The monoisotopic (exact) mass is 355 g/mol. The summed E-state index contributed by atoms with van der Waals surface area (Å²) >= 11 is 0. The summed E-state index contributed by atoms with van der Waals surface area (Å²) in [5, 5.41) is 6.90. The highest BCUT2D eigenvalue weighted by Gasteiger charge is 2.23. The maximum atomic E-state index is 5.52. The molecule has 1 aliphatic heterocycles. The van der Waals surface area contributed by atoms with E-state index < -0.39 is 0 Å². The zero-order valence-electron chi connectivity index (χ0n) is 17.5. The molecule has 0 saturated carbocycles. The molecule has 1 fully saturated rings. The summed E-state index contributed by atoms with van der Waals surface area (Å²) in [6, 6.07) is 2.14. The quantitative estimate of drug-likeness (QED) is 0.375. The molecule has 2 unspecified atom stereocenters. The summed E-state index contributed by atoms with van der Waals surface area (Å²) in [5.41, 5.74) is 0. The Bertz CT molecular complexity index is 378. The molecule has 0 aliphatic carbocycles. The topological polar surface area (TPSA) is 52.1 Å². The minimum Gasteiger partial charge on any atom is -0.379 e. The molecular weight excluding hydrogens is 314 g/mol. The largest absolute Gasteiger partial charge is 0.379 e. The van der Waals surface area contributed by atoms with Gasteiger partial charge in [-0.1, -0.05) is 0 Å². The van der Waals surface area contributed by atoms with Gasteiger partial charge in [0.1, 0.15) is 0 Å². The van der Waals surface area contributed by atoms with Crippen LogP contribution in [-0.4, -0.2) is 86.4 Å². The number of ether oxygens (including phenoxy) is 1. The molecule has 148 valence electrons. The highest BCUT2D eigenvalue weighted by Crippen LogP contribution is 2.10. The van der Waals surface area contributed by atoms with Crippen LogP contribution in [0.3, 0.4) is 0 Å². The fourth-order valence-corrected chi connectivity index (χ4v) is 3.56. The van der Waals surface area contributed by atoms with Gasteiger partial charge in [-0.05, 0) is 48.0 Å². The molecule has 1 heterocycles. The van der Waals surface area contributed by atoms with E-state index in [1.54, 1.807) is 0 Å². The van der Waals surface area contributed by atoms with Gasteiger partial charge < -0.3 is 15.4 Å². The van der Waals surface area contributed by atoms with E-state index in [0.29, 0.717) is 24.2 Å². The van der Waals surface area contributed by atoms with Crippen LogP contribution in [0.15, 0.2) is 4.99 Å². The first-order valence-corrected chi connectivity index (χ1v) is 9.90. The second kappa shape index (κ2) is 11.7. The second-order valence-corrected chi connectivity index (χ2v) is 7.67. The lowest BCUT2D eigenvalue weighted by atomic mass is 10.2. The van der Waals surface area contributed by atoms with Gasteiger partial charge in [0.15, 0.2) is 5.96 Å². The molecule has 0 aromatic carbocycles. The van der Waals surface area contributed by atoms with Crippen LogP contribution in [0.2, 0.25) is 0 Å². The Kier molecular flexibility index (Phi) is 10.4. The molecule has 0 spiro atoms. The molecule has 6 heteroatoms. The summed E-state index contributed by atoms with van der Waals surface area (Å²) in [6.07, 6.45) is 1.12. The molecule has 1 aliphatic rings. The van der Waals surface area contributed by atoms with Crippen LogP contribution in [-0.2, 0) is 4.74 Å². The molecule has 0 radical (unpaired) electrons. The molecule has 2 N–H and O–H groups in total. The number of nitrogens with zero attached hydrogens (tertiary/aromatic N) is 3. The third kappa shape index (κ3) is 7.92. The van der Waals surface area contributed by atoms with Crippen LogP contribution in [0.5, 0.6) is 0 Å². The van der Waals surface area contributed by atoms with Crippen LogP contribution in [0.1, 0.15) is 48.0 Å². The minimum atomic E-state index is 0.467. The lowest BCUT2D eigenvalue weighted by molar-refractivity contribution is -0.0174. The van der Waals surface area contributed by atoms with Gasteiger partial charge in [0.2, 0.25) is 0 Å². The average molecular weight is 356 g/mol. The molecule has 1 saturated heterocycles. The zero-order chi connectivity index (χ0) is 18.8. The van der Waals surface area contributed by atoms with E-state index in [2.05, 4.69) is 67.0 Å². The van der Waals surface area contributed by atoms with Gasteiger partial charge in [0, 0.05) is 57.4 Å². The highest BCUT2D eigenvalue weighted by atomic mass is 16.5. The van der Waals surface area contributed by atoms with Gasteiger partial charge in [-0.2, -0.15) is 0 Å². The fraction of sp³-hybridized carbons (Fsp3) is 0.947. The standard InChI is InChI=1S/C19H41N5O/c1-15(2)23(16(3)4)10-8-9-21-19(20-7)22-13-17(5)24-11-12-25-14-18(24)6/h15-18H,8-14H2,1-7H3,(H2,20,21,22). The normalized spacial score (nSPS) is 21.2. The van der Waals surface area contributed by atoms with Crippen molar-refractivity contribution in [1.82, 2.24) is 20.4 Å². The number of rotatable bonds is 9. The smallest absolute Gasteiger partial charge is 0.191 e. The third-order valence-corrected chi connectivity index (χ3v) is 4.99. The van der Waals surface area contributed by atoms with E-state index in [0.717, 1.165) is 51.8 Å². The number of morpholine rings is 1. The predicted molar refractivity (Wildman–Crippen MR) is 107 cm³/mol. The van der Waals surface area contributed by atoms with Crippen LogP contribution in [0.25, 0.3) is 0 Å². The number of hydrogen-bond donors (Lipinski definition) is 2. The number of guanidine groups is 1. The van der Waals surface area contributed by atoms with Gasteiger partial charge in [0.05, 0.1) is 13.2 Å². The van der Waals surface area contributed by atoms with Crippen molar-refractivity contribution in [3.8, 4) is 0 Å². The number of hydrogen-bond acceptors (Lipinski definition) is 4. The molecule has 0 amide bonds. The zero-order valence-corrected chi connectivity index (χ0v) is 17.5. The number of nitrogens with one attached hydrogen (secondary N) is 2. The summed E-state index contributed by atoms with van der Waals surface area (Å²) in [6.45, 7) is 19.2. The van der Waals surface area contributed by atoms with Crippen molar-refractivity contribution in [3.63, 3.8) is 0 Å².